The van der Waals surface area contributed by atoms with Crippen LogP contribution in [0.3, 0.4) is 0 Å². The summed E-state index contributed by atoms with van der Waals surface area (Å²) in [4.78, 5) is 23.8. The second kappa shape index (κ2) is 5.64. The van der Waals surface area contributed by atoms with E-state index < -0.39 is 27.9 Å². The van der Waals surface area contributed by atoms with Crippen LogP contribution in [0.2, 0.25) is 0 Å². The second-order valence-corrected chi connectivity index (χ2v) is 5.29. The van der Waals surface area contributed by atoms with E-state index in [1.165, 1.54) is 4.90 Å². The zero-order valence-electron chi connectivity index (χ0n) is 10.8. The van der Waals surface area contributed by atoms with Crippen LogP contribution in [0.4, 0.5) is 10.1 Å². The summed E-state index contributed by atoms with van der Waals surface area (Å²) >= 11 is 3.28. The summed E-state index contributed by atoms with van der Waals surface area (Å²) in [6.07, 6.45) is 0. The van der Waals surface area contributed by atoms with Gasteiger partial charge in [0, 0.05) is 17.9 Å². The summed E-state index contributed by atoms with van der Waals surface area (Å²) in [6.45, 7) is 3.63. The van der Waals surface area contributed by atoms with Crippen LogP contribution in [0.5, 0.6) is 0 Å². The first-order valence-corrected chi connectivity index (χ1v) is 6.61. The summed E-state index contributed by atoms with van der Waals surface area (Å²) in [5.41, 5.74) is -1.16. The molecule has 0 spiro atoms. The van der Waals surface area contributed by atoms with Crippen LogP contribution in [0.15, 0.2) is 18.2 Å². The Morgan fingerprint density at radius 3 is 2.58 bits per heavy atom. The Labute approximate surface area is 118 Å². The lowest BCUT2D eigenvalue weighted by molar-refractivity contribution is -0.385. The predicted octanol–water partition coefficient (Wildman–Crippen LogP) is 2.98. The fourth-order valence-electron chi connectivity index (χ4n) is 1.38. The van der Waals surface area contributed by atoms with Crippen molar-refractivity contribution in [1.29, 1.82) is 0 Å². The zero-order valence-corrected chi connectivity index (χ0v) is 12.4. The van der Waals surface area contributed by atoms with Gasteiger partial charge in [-0.3, -0.25) is 14.9 Å². The molecule has 0 heterocycles. The first-order chi connectivity index (χ1) is 8.70. The van der Waals surface area contributed by atoms with E-state index in [-0.39, 0.29) is 5.56 Å². The molecule has 7 heteroatoms. The van der Waals surface area contributed by atoms with Crippen LogP contribution in [0.25, 0.3) is 0 Å². The highest BCUT2D eigenvalue weighted by molar-refractivity contribution is 9.09. The lowest BCUT2D eigenvalue weighted by atomic mass is 10.0. The molecule has 104 valence electrons. The van der Waals surface area contributed by atoms with Gasteiger partial charge in [-0.2, -0.15) is 0 Å². The molecular formula is C12H14BrFN2O3. The van der Waals surface area contributed by atoms with E-state index in [0.29, 0.717) is 5.33 Å². The number of nitro groups is 1. The van der Waals surface area contributed by atoms with Gasteiger partial charge in [0.05, 0.1) is 11.0 Å². The number of nitro benzene ring substituents is 1. The topological polar surface area (TPSA) is 63.5 Å². The standard InChI is InChI=1S/C12H14BrFN2O3/c1-12(2,7-13)15(3)11(17)9-5-4-8(14)6-10(9)16(18)19/h4-6H,7H2,1-3H3. The number of nitrogens with zero attached hydrogens (tertiary/aromatic N) is 2. The monoisotopic (exact) mass is 332 g/mol. The van der Waals surface area contributed by atoms with Crippen molar-refractivity contribution < 1.29 is 14.1 Å². The van der Waals surface area contributed by atoms with Crippen molar-refractivity contribution in [3.63, 3.8) is 0 Å². The number of halogens is 2. The summed E-state index contributed by atoms with van der Waals surface area (Å²) in [6, 6.07) is 2.92. The number of amides is 1. The maximum atomic E-state index is 13.0. The zero-order chi connectivity index (χ0) is 14.8. The normalized spacial score (nSPS) is 11.2. The highest BCUT2D eigenvalue weighted by atomic mass is 79.9. The minimum absolute atomic E-state index is 0.122. The average Bonchev–Trinajstić information content (AvgIpc) is 2.36. The van der Waals surface area contributed by atoms with Crippen LogP contribution in [-0.2, 0) is 0 Å². The SMILES string of the molecule is CN(C(=O)c1ccc(F)cc1[N+](=O)[O-])C(C)(C)CBr. The molecule has 1 aromatic rings. The number of alkyl halides is 1. The molecule has 1 amide bonds. The molecule has 0 radical (unpaired) electrons. The Hall–Kier alpha value is -1.50. The molecule has 0 N–H and O–H groups in total. The van der Waals surface area contributed by atoms with Crippen molar-refractivity contribution in [2.45, 2.75) is 19.4 Å². The highest BCUT2D eigenvalue weighted by Crippen LogP contribution is 2.24. The van der Waals surface area contributed by atoms with Crippen LogP contribution in [0.1, 0.15) is 24.2 Å². The van der Waals surface area contributed by atoms with E-state index >= 15 is 0 Å². The molecule has 0 saturated carbocycles. The molecule has 0 unspecified atom stereocenters. The van der Waals surface area contributed by atoms with Crippen molar-refractivity contribution in [2.24, 2.45) is 0 Å². The van der Waals surface area contributed by atoms with Gasteiger partial charge in [0.25, 0.3) is 11.6 Å². The van der Waals surface area contributed by atoms with Gasteiger partial charge in [-0.15, -0.1) is 0 Å². The van der Waals surface area contributed by atoms with Crippen molar-refractivity contribution in [3.05, 3.63) is 39.7 Å². The highest BCUT2D eigenvalue weighted by Gasteiger charge is 2.31. The molecular weight excluding hydrogens is 319 g/mol. The van der Waals surface area contributed by atoms with E-state index in [0.717, 1.165) is 18.2 Å². The third-order valence-electron chi connectivity index (χ3n) is 2.93. The lowest BCUT2D eigenvalue weighted by Crippen LogP contribution is -2.46. The molecule has 0 bridgehead atoms. The van der Waals surface area contributed by atoms with Gasteiger partial charge < -0.3 is 4.90 Å². The molecule has 0 saturated heterocycles. The number of carbonyl (C=O) groups excluding carboxylic acids is 1. The van der Waals surface area contributed by atoms with Gasteiger partial charge in [-0.25, -0.2) is 4.39 Å². The number of benzene rings is 1. The van der Waals surface area contributed by atoms with E-state index in [4.69, 9.17) is 0 Å². The largest absolute Gasteiger partial charge is 0.336 e. The first kappa shape index (κ1) is 15.6. The molecule has 0 aliphatic heterocycles. The van der Waals surface area contributed by atoms with E-state index in [1.807, 2.05) is 13.8 Å². The average molecular weight is 333 g/mol. The quantitative estimate of drug-likeness (QED) is 0.483. The van der Waals surface area contributed by atoms with Gasteiger partial charge in [0.1, 0.15) is 11.4 Å². The summed E-state index contributed by atoms with van der Waals surface area (Å²) in [7, 11) is 1.55. The number of rotatable bonds is 4. The Morgan fingerprint density at radius 1 is 1.53 bits per heavy atom. The maximum absolute atomic E-state index is 13.0. The van der Waals surface area contributed by atoms with E-state index in [1.54, 1.807) is 7.05 Å². The molecule has 19 heavy (non-hydrogen) atoms. The Balaban J connectivity index is 3.24. The predicted molar refractivity (Wildman–Crippen MR) is 73.0 cm³/mol. The molecule has 0 atom stereocenters. The second-order valence-electron chi connectivity index (χ2n) is 4.73. The Morgan fingerprint density at radius 2 is 2.11 bits per heavy atom. The van der Waals surface area contributed by atoms with Crippen LogP contribution < -0.4 is 0 Å². The molecule has 0 aliphatic carbocycles. The van der Waals surface area contributed by atoms with Crippen molar-refractivity contribution in [3.8, 4) is 0 Å². The van der Waals surface area contributed by atoms with Crippen LogP contribution >= 0.6 is 15.9 Å². The third kappa shape index (κ3) is 3.28. The minimum Gasteiger partial charge on any atom is -0.336 e. The fourth-order valence-corrected chi connectivity index (χ4v) is 1.76. The minimum atomic E-state index is -0.759. The first-order valence-electron chi connectivity index (χ1n) is 5.49. The third-order valence-corrected chi connectivity index (χ3v) is 4.30. The Bertz CT molecular complexity index is 520. The number of carbonyl (C=O) groups is 1. The summed E-state index contributed by atoms with van der Waals surface area (Å²) < 4.78 is 13.0. The van der Waals surface area contributed by atoms with Crippen molar-refractivity contribution in [2.75, 3.05) is 12.4 Å². The van der Waals surface area contributed by atoms with Gasteiger partial charge in [0.15, 0.2) is 0 Å². The molecule has 0 fully saturated rings. The molecule has 5 nitrogen and oxygen atoms in total. The van der Waals surface area contributed by atoms with E-state index in [2.05, 4.69) is 15.9 Å². The van der Waals surface area contributed by atoms with Gasteiger partial charge in [0.2, 0.25) is 0 Å². The Kier molecular flexibility index (Phi) is 4.62. The maximum Gasteiger partial charge on any atom is 0.285 e. The molecule has 1 aromatic carbocycles. The van der Waals surface area contributed by atoms with Gasteiger partial charge in [-0.05, 0) is 26.0 Å². The van der Waals surface area contributed by atoms with Gasteiger partial charge in [-0.1, -0.05) is 15.9 Å². The summed E-state index contributed by atoms with van der Waals surface area (Å²) in [5, 5.41) is 11.4. The molecule has 1 rings (SSSR count). The summed E-state index contributed by atoms with van der Waals surface area (Å²) in [5.74, 6) is -1.26. The molecule has 0 aliphatic rings. The lowest BCUT2D eigenvalue weighted by Gasteiger charge is -2.34. The van der Waals surface area contributed by atoms with Crippen LogP contribution in [0, 0.1) is 15.9 Å². The fraction of sp³-hybridized carbons (Fsp3) is 0.417. The number of hydrogen-bond donors (Lipinski definition) is 0. The van der Waals surface area contributed by atoms with Crippen molar-refractivity contribution in [1.82, 2.24) is 4.90 Å². The van der Waals surface area contributed by atoms with E-state index in [9.17, 15) is 19.3 Å². The molecule has 0 aromatic heterocycles. The number of hydrogen-bond acceptors (Lipinski definition) is 3. The van der Waals surface area contributed by atoms with Gasteiger partial charge >= 0.3 is 0 Å². The van der Waals surface area contributed by atoms with Crippen LogP contribution in [-0.4, -0.2) is 33.6 Å². The smallest absolute Gasteiger partial charge is 0.285 e. The van der Waals surface area contributed by atoms with Crippen molar-refractivity contribution >= 4 is 27.5 Å².